The molecule has 0 fully saturated rings. The molecule has 1 N–H and O–H groups in total. The maximum absolute atomic E-state index is 12.3. The van der Waals surface area contributed by atoms with E-state index in [9.17, 15) is 14.4 Å². The summed E-state index contributed by atoms with van der Waals surface area (Å²) >= 11 is 1.30. The normalized spacial score (nSPS) is 10.3. The van der Waals surface area contributed by atoms with Gasteiger partial charge in [0.1, 0.15) is 10.8 Å². The third-order valence-electron chi connectivity index (χ3n) is 4.17. The van der Waals surface area contributed by atoms with Gasteiger partial charge in [-0.1, -0.05) is 19.1 Å². The molecule has 29 heavy (non-hydrogen) atoms. The Morgan fingerprint density at radius 1 is 1.07 bits per heavy atom. The van der Waals surface area contributed by atoms with Crippen molar-refractivity contribution in [2.45, 2.75) is 33.6 Å². The lowest BCUT2D eigenvalue weighted by Gasteiger charge is -2.09. The highest BCUT2D eigenvalue weighted by atomic mass is 32.1. The van der Waals surface area contributed by atoms with E-state index in [-0.39, 0.29) is 13.0 Å². The van der Waals surface area contributed by atoms with Crippen LogP contribution in [0.4, 0.5) is 5.00 Å². The van der Waals surface area contributed by atoms with Gasteiger partial charge in [-0.2, -0.15) is 0 Å². The van der Waals surface area contributed by atoms with Crippen molar-refractivity contribution >= 4 is 34.2 Å². The molecule has 0 spiro atoms. The van der Waals surface area contributed by atoms with Gasteiger partial charge in [0.05, 0.1) is 25.7 Å². The van der Waals surface area contributed by atoms with Gasteiger partial charge in [-0.3, -0.25) is 9.59 Å². The molecule has 8 heteroatoms. The summed E-state index contributed by atoms with van der Waals surface area (Å²) in [6, 6.07) is 7.01. The highest BCUT2D eigenvalue weighted by Gasteiger charge is 2.23. The number of hydrogen-bond donors (Lipinski definition) is 1. The van der Waals surface area contributed by atoms with Crippen LogP contribution in [0.15, 0.2) is 24.3 Å². The summed E-state index contributed by atoms with van der Waals surface area (Å²) in [6.07, 6.45) is 0.687. The molecule has 156 valence electrons. The van der Waals surface area contributed by atoms with Gasteiger partial charge in [0.15, 0.2) is 6.61 Å². The molecule has 0 saturated heterocycles. The monoisotopic (exact) mass is 419 g/mol. The maximum Gasteiger partial charge on any atom is 0.341 e. The largest absolute Gasteiger partial charge is 0.497 e. The predicted octanol–water partition coefficient (Wildman–Crippen LogP) is 3.53. The number of rotatable bonds is 9. The summed E-state index contributed by atoms with van der Waals surface area (Å²) in [5, 5.41) is 3.08. The molecule has 2 rings (SSSR count). The summed E-state index contributed by atoms with van der Waals surface area (Å²) < 4.78 is 15.2. The molecule has 1 heterocycles. The molecule has 0 radical (unpaired) electrons. The van der Waals surface area contributed by atoms with E-state index < -0.39 is 24.5 Å². The Hall–Kier alpha value is -2.87. The van der Waals surface area contributed by atoms with E-state index in [1.165, 1.54) is 11.3 Å². The topological polar surface area (TPSA) is 90.9 Å². The quantitative estimate of drug-likeness (QED) is 0.626. The van der Waals surface area contributed by atoms with Gasteiger partial charge in [-0.05, 0) is 43.5 Å². The second-order valence-corrected chi connectivity index (χ2v) is 7.37. The van der Waals surface area contributed by atoms with Crippen molar-refractivity contribution in [2.24, 2.45) is 0 Å². The molecule has 0 aliphatic carbocycles. The molecular formula is C21H25NO6S. The minimum Gasteiger partial charge on any atom is -0.497 e. The third kappa shape index (κ3) is 6.05. The van der Waals surface area contributed by atoms with Crippen LogP contribution in [0.2, 0.25) is 0 Å². The number of amides is 1. The van der Waals surface area contributed by atoms with Gasteiger partial charge in [0, 0.05) is 4.88 Å². The second-order valence-electron chi connectivity index (χ2n) is 6.15. The van der Waals surface area contributed by atoms with Gasteiger partial charge in [0.25, 0.3) is 5.91 Å². The highest BCUT2D eigenvalue weighted by Crippen LogP contribution is 2.34. The third-order valence-corrected chi connectivity index (χ3v) is 5.23. The van der Waals surface area contributed by atoms with Crippen LogP contribution in [-0.4, -0.2) is 38.2 Å². The van der Waals surface area contributed by atoms with Crippen LogP contribution < -0.4 is 10.1 Å². The SMILES string of the molecule is CCOC(=O)c1c(NC(=O)COC(=O)Cc2ccc(OC)cc2)sc(C)c1CC. The molecule has 0 saturated carbocycles. The summed E-state index contributed by atoms with van der Waals surface area (Å²) in [5.41, 5.74) is 1.97. The Balaban J connectivity index is 1.96. The van der Waals surface area contributed by atoms with E-state index in [1.807, 2.05) is 13.8 Å². The Labute approximate surface area is 174 Å². The molecule has 0 aliphatic rings. The molecule has 1 amide bonds. The summed E-state index contributed by atoms with van der Waals surface area (Å²) in [6.45, 7) is 5.35. The molecule has 0 atom stereocenters. The fourth-order valence-electron chi connectivity index (χ4n) is 2.78. The Morgan fingerprint density at radius 2 is 1.76 bits per heavy atom. The fourth-order valence-corrected chi connectivity index (χ4v) is 3.93. The van der Waals surface area contributed by atoms with E-state index in [0.29, 0.717) is 22.7 Å². The molecule has 1 aromatic heterocycles. The number of esters is 2. The smallest absolute Gasteiger partial charge is 0.341 e. The number of nitrogens with one attached hydrogen (secondary N) is 1. The van der Waals surface area contributed by atoms with Gasteiger partial charge in [-0.25, -0.2) is 4.79 Å². The van der Waals surface area contributed by atoms with Crippen molar-refractivity contribution in [3.05, 3.63) is 45.8 Å². The van der Waals surface area contributed by atoms with Crippen molar-refractivity contribution in [2.75, 3.05) is 25.6 Å². The zero-order valence-electron chi connectivity index (χ0n) is 17.0. The summed E-state index contributed by atoms with van der Waals surface area (Å²) in [4.78, 5) is 37.5. The molecule has 0 aliphatic heterocycles. The average molecular weight is 419 g/mol. The number of carbonyl (C=O) groups is 3. The molecule has 1 aromatic carbocycles. The van der Waals surface area contributed by atoms with E-state index in [1.54, 1.807) is 38.3 Å². The van der Waals surface area contributed by atoms with Crippen molar-refractivity contribution in [3.63, 3.8) is 0 Å². The van der Waals surface area contributed by atoms with E-state index in [2.05, 4.69) is 5.32 Å². The lowest BCUT2D eigenvalue weighted by Crippen LogP contribution is -2.22. The standard InChI is InChI=1S/C21H25NO6S/c1-5-16-13(3)29-20(19(16)21(25)27-6-2)22-17(23)12-28-18(24)11-14-7-9-15(26-4)10-8-14/h7-10H,5-6,11-12H2,1-4H3,(H,22,23). The molecule has 0 bridgehead atoms. The minimum absolute atomic E-state index is 0.0451. The van der Waals surface area contributed by atoms with Crippen LogP contribution in [-0.2, 0) is 31.9 Å². The number of carbonyl (C=O) groups excluding carboxylic acids is 3. The fraction of sp³-hybridized carbons (Fsp3) is 0.381. The molecular weight excluding hydrogens is 394 g/mol. The number of hydrogen-bond acceptors (Lipinski definition) is 7. The highest BCUT2D eigenvalue weighted by molar-refractivity contribution is 7.16. The van der Waals surface area contributed by atoms with E-state index >= 15 is 0 Å². The number of benzene rings is 1. The average Bonchev–Trinajstić information content (AvgIpc) is 3.02. The van der Waals surface area contributed by atoms with Crippen LogP contribution in [0.5, 0.6) is 5.75 Å². The van der Waals surface area contributed by atoms with Gasteiger partial charge < -0.3 is 19.5 Å². The summed E-state index contributed by atoms with van der Waals surface area (Å²) in [5.74, 6) is -0.813. The second kappa shape index (κ2) is 10.6. The molecule has 7 nitrogen and oxygen atoms in total. The van der Waals surface area contributed by atoms with Crippen molar-refractivity contribution < 1.29 is 28.6 Å². The minimum atomic E-state index is -0.521. The van der Waals surface area contributed by atoms with Crippen molar-refractivity contribution in [3.8, 4) is 5.75 Å². The van der Waals surface area contributed by atoms with Gasteiger partial charge in [-0.15, -0.1) is 11.3 Å². The first-order chi connectivity index (χ1) is 13.9. The molecule has 2 aromatic rings. The van der Waals surface area contributed by atoms with Gasteiger partial charge in [0.2, 0.25) is 0 Å². The summed E-state index contributed by atoms with van der Waals surface area (Å²) in [7, 11) is 1.56. The number of methoxy groups -OCH3 is 1. The van der Waals surface area contributed by atoms with E-state index in [0.717, 1.165) is 16.0 Å². The zero-order valence-corrected chi connectivity index (χ0v) is 17.8. The van der Waals surface area contributed by atoms with Crippen LogP contribution in [0.1, 0.15) is 40.2 Å². The Bertz CT molecular complexity index is 872. The lowest BCUT2D eigenvalue weighted by molar-refractivity contribution is -0.146. The van der Waals surface area contributed by atoms with Crippen LogP contribution in [0.25, 0.3) is 0 Å². The number of thiophene rings is 1. The van der Waals surface area contributed by atoms with Crippen LogP contribution >= 0.6 is 11.3 Å². The van der Waals surface area contributed by atoms with Crippen molar-refractivity contribution in [1.29, 1.82) is 0 Å². The Kier molecular flexibility index (Phi) is 8.21. The lowest BCUT2D eigenvalue weighted by atomic mass is 10.1. The van der Waals surface area contributed by atoms with Crippen molar-refractivity contribution in [1.82, 2.24) is 0 Å². The first-order valence-electron chi connectivity index (χ1n) is 9.27. The Morgan fingerprint density at radius 3 is 2.34 bits per heavy atom. The zero-order chi connectivity index (χ0) is 21.4. The van der Waals surface area contributed by atoms with Crippen LogP contribution in [0.3, 0.4) is 0 Å². The van der Waals surface area contributed by atoms with Gasteiger partial charge >= 0.3 is 11.9 Å². The predicted molar refractivity (Wildman–Crippen MR) is 111 cm³/mol. The van der Waals surface area contributed by atoms with Crippen LogP contribution in [0, 0.1) is 6.92 Å². The number of anilines is 1. The number of aryl methyl sites for hydroxylation is 1. The number of ether oxygens (including phenoxy) is 3. The molecule has 0 unspecified atom stereocenters. The first kappa shape index (κ1) is 22.4. The van der Waals surface area contributed by atoms with E-state index in [4.69, 9.17) is 14.2 Å². The first-order valence-corrected chi connectivity index (χ1v) is 10.1. The maximum atomic E-state index is 12.3.